The van der Waals surface area contributed by atoms with Crippen molar-refractivity contribution in [1.29, 1.82) is 0 Å². The molecule has 0 aromatic heterocycles. The first-order chi connectivity index (χ1) is 9.90. The zero-order valence-corrected chi connectivity index (χ0v) is 12.0. The molecule has 7 heteroatoms. The highest BCUT2D eigenvalue weighted by Crippen LogP contribution is 2.25. The number of carboxylic acids is 1. The lowest BCUT2D eigenvalue weighted by atomic mass is 10.1. The molecule has 1 atom stereocenters. The number of nitrogens with zero attached hydrogens (tertiary/aromatic N) is 1. The van der Waals surface area contributed by atoms with E-state index in [0.29, 0.717) is 12.2 Å². The van der Waals surface area contributed by atoms with Gasteiger partial charge in [0.25, 0.3) is 0 Å². The summed E-state index contributed by atoms with van der Waals surface area (Å²) < 4.78 is 0. The Labute approximate surface area is 122 Å². The SMILES string of the molecule is CCN(C(=O)NC(CCO)C(=O)O)c1cc(O)ccc1C. The summed E-state index contributed by atoms with van der Waals surface area (Å²) in [6.07, 6.45) is -0.0718. The van der Waals surface area contributed by atoms with E-state index in [4.69, 9.17) is 10.2 Å². The van der Waals surface area contributed by atoms with Gasteiger partial charge in [-0.15, -0.1) is 0 Å². The van der Waals surface area contributed by atoms with Crippen LogP contribution in [-0.4, -0.2) is 46.5 Å². The maximum Gasteiger partial charge on any atom is 0.326 e. The predicted molar refractivity (Wildman–Crippen MR) is 77.5 cm³/mol. The number of aryl methyl sites for hydroxylation is 1. The third-order valence-corrected chi connectivity index (χ3v) is 3.06. The van der Waals surface area contributed by atoms with E-state index in [9.17, 15) is 14.7 Å². The number of carbonyl (C=O) groups is 2. The zero-order chi connectivity index (χ0) is 16.0. The number of rotatable bonds is 6. The largest absolute Gasteiger partial charge is 0.508 e. The number of urea groups is 1. The number of phenols is 1. The van der Waals surface area contributed by atoms with E-state index in [0.717, 1.165) is 5.56 Å². The summed E-state index contributed by atoms with van der Waals surface area (Å²) in [5.41, 5.74) is 1.28. The van der Waals surface area contributed by atoms with Crippen molar-refractivity contribution in [3.8, 4) is 5.75 Å². The van der Waals surface area contributed by atoms with Crippen molar-refractivity contribution >= 4 is 17.7 Å². The number of carboxylic acid groups (broad SMARTS) is 1. The van der Waals surface area contributed by atoms with Gasteiger partial charge in [0, 0.05) is 25.6 Å². The zero-order valence-electron chi connectivity index (χ0n) is 12.0. The van der Waals surface area contributed by atoms with Crippen LogP contribution in [0.5, 0.6) is 5.75 Å². The number of phenolic OH excluding ortho intramolecular Hbond substituents is 1. The number of carbonyl (C=O) groups excluding carboxylic acids is 1. The highest BCUT2D eigenvalue weighted by molar-refractivity contribution is 5.95. The predicted octanol–water partition coefficient (Wildman–Crippen LogP) is 1.07. The fourth-order valence-electron chi connectivity index (χ4n) is 1.93. The smallest absolute Gasteiger partial charge is 0.326 e. The number of aromatic hydroxyl groups is 1. The Morgan fingerprint density at radius 1 is 1.38 bits per heavy atom. The lowest BCUT2D eigenvalue weighted by molar-refractivity contribution is -0.139. The number of aliphatic hydroxyl groups excluding tert-OH is 1. The Bertz CT molecular complexity index is 518. The molecule has 1 aromatic rings. The fraction of sp³-hybridized carbons (Fsp3) is 0.429. The quantitative estimate of drug-likeness (QED) is 0.627. The molecule has 0 saturated heterocycles. The van der Waals surface area contributed by atoms with E-state index in [2.05, 4.69) is 5.32 Å². The van der Waals surface area contributed by atoms with Gasteiger partial charge in [0.2, 0.25) is 0 Å². The average molecular weight is 296 g/mol. The Kier molecular flexibility index (Phi) is 5.98. The monoisotopic (exact) mass is 296 g/mol. The van der Waals surface area contributed by atoms with Gasteiger partial charge >= 0.3 is 12.0 Å². The number of anilines is 1. The minimum absolute atomic E-state index is 0.0204. The van der Waals surface area contributed by atoms with E-state index in [1.165, 1.54) is 17.0 Å². The molecule has 0 aliphatic carbocycles. The first-order valence-corrected chi connectivity index (χ1v) is 6.62. The van der Waals surface area contributed by atoms with Crippen LogP contribution in [0.3, 0.4) is 0 Å². The van der Waals surface area contributed by atoms with E-state index < -0.39 is 18.0 Å². The van der Waals surface area contributed by atoms with Crippen LogP contribution in [0.1, 0.15) is 18.9 Å². The van der Waals surface area contributed by atoms with Gasteiger partial charge in [-0.1, -0.05) is 6.07 Å². The first kappa shape index (κ1) is 16.8. The molecule has 1 aromatic carbocycles. The Morgan fingerprint density at radius 2 is 2.05 bits per heavy atom. The van der Waals surface area contributed by atoms with Crippen LogP contribution in [-0.2, 0) is 4.79 Å². The molecule has 1 rings (SSSR count). The van der Waals surface area contributed by atoms with Gasteiger partial charge in [0.15, 0.2) is 0 Å². The van der Waals surface area contributed by atoms with E-state index >= 15 is 0 Å². The van der Waals surface area contributed by atoms with Crippen molar-refractivity contribution in [2.45, 2.75) is 26.3 Å². The molecule has 0 bridgehead atoms. The number of benzene rings is 1. The molecule has 116 valence electrons. The van der Waals surface area contributed by atoms with Crippen LogP contribution in [0.4, 0.5) is 10.5 Å². The Balaban J connectivity index is 2.96. The van der Waals surface area contributed by atoms with Crippen molar-refractivity contribution in [3.05, 3.63) is 23.8 Å². The van der Waals surface area contributed by atoms with Gasteiger partial charge in [-0.25, -0.2) is 9.59 Å². The standard InChI is InChI=1S/C14H20N2O5/c1-3-16(12-8-10(18)5-4-9(12)2)14(21)15-11(6-7-17)13(19)20/h4-5,8,11,17-18H,3,6-7H2,1-2H3,(H,15,21)(H,19,20). The number of aliphatic carboxylic acids is 1. The molecule has 0 heterocycles. The number of hydrogen-bond acceptors (Lipinski definition) is 4. The van der Waals surface area contributed by atoms with Gasteiger partial charge in [-0.3, -0.25) is 4.90 Å². The van der Waals surface area contributed by atoms with Crippen molar-refractivity contribution in [3.63, 3.8) is 0 Å². The summed E-state index contributed by atoms with van der Waals surface area (Å²) in [5.74, 6) is -1.19. The lowest BCUT2D eigenvalue weighted by Crippen LogP contribution is -2.48. The van der Waals surface area contributed by atoms with Crippen LogP contribution >= 0.6 is 0 Å². The molecule has 0 aliphatic heterocycles. The molecular formula is C14H20N2O5. The van der Waals surface area contributed by atoms with Gasteiger partial charge < -0.3 is 20.6 Å². The molecule has 0 aliphatic rings. The highest BCUT2D eigenvalue weighted by Gasteiger charge is 2.23. The molecule has 4 N–H and O–H groups in total. The molecule has 2 amide bonds. The molecule has 1 unspecified atom stereocenters. The minimum Gasteiger partial charge on any atom is -0.508 e. The second-order valence-corrected chi connectivity index (χ2v) is 4.57. The third kappa shape index (κ3) is 4.35. The number of aliphatic hydroxyl groups is 1. The van der Waals surface area contributed by atoms with Crippen LogP contribution in [0.15, 0.2) is 18.2 Å². The Hall–Kier alpha value is -2.28. The highest BCUT2D eigenvalue weighted by atomic mass is 16.4. The van der Waals surface area contributed by atoms with E-state index in [1.807, 2.05) is 0 Å². The molecule has 7 nitrogen and oxygen atoms in total. The summed E-state index contributed by atoms with van der Waals surface area (Å²) >= 11 is 0. The summed E-state index contributed by atoms with van der Waals surface area (Å²) in [6.45, 7) is 3.49. The number of nitrogens with one attached hydrogen (secondary N) is 1. The second kappa shape index (κ2) is 7.49. The van der Waals surface area contributed by atoms with E-state index in [-0.39, 0.29) is 18.8 Å². The lowest BCUT2D eigenvalue weighted by Gasteiger charge is -2.25. The van der Waals surface area contributed by atoms with Crippen LogP contribution in [0, 0.1) is 6.92 Å². The molecular weight excluding hydrogens is 276 g/mol. The molecule has 21 heavy (non-hydrogen) atoms. The maximum absolute atomic E-state index is 12.2. The van der Waals surface area contributed by atoms with Crippen molar-refractivity contribution < 1.29 is 24.9 Å². The number of hydrogen-bond donors (Lipinski definition) is 4. The van der Waals surface area contributed by atoms with Gasteiger partial charge in [0.05, 0.1) is 5.69 Å². The third-order valence-electron chi connectivity index (χ3n) is 3.06. The summed E-state index contributed by atoms with van der Waals surface area (Å²) in [5, 5.41) is 29.7. The summed E-state index contributed by atoms with van der Waals surface area (Å²) in [7, 11) is 0. The van der Waals surface area contributed by atoms with Crippen LogP contribution in [0.2, 0.25) is 0 Å². The maximum atomic E-state index is 12.2. The fourth-order valence-corrected chi connectivity index (χ4v) is 1.93. The van der Waals surface area contributed by atoms with Crippen molar-refractivity contribution in [2.24, 2.45) is 0 Å². The first-order valence-electron chi connectivity index (χ1n) is 6.62. The number of amides is 2. The van der Waals surface area contributed by atoms with Gasteiger partial charge in [-0.05, 0) is 25.5 Å². The summed E-state index contributed by atoms with van der Waals surface area (Å²) in [6, 6.07) is 2.88. The van der Waals surface area contributed by atoms with E-state index in [1.54, 1.807) is 19.9 Å². The van der Waals surface area contributed by atoms with Gasteiger partial charge in [0.1, 0.15) is 11.8 Å². The van der Waals surface area contributed by atoms with Crippen molar-refractivity contribution in [1.82, 2.24) is 5.32 Å². The molecule has 0 saturated carbocycles. The van der Waals surface area contributed by atoms with Gasteiger partial charge in [-0.2, -0.15) is 0 Å². The minimum atomic E-state index is -1.21. The molecule has 0 radical (unpaired) electrons. The Morgan fingerprint density at radius 3 is 2.57 bits per heavy atom. The molecule has 0 fully saturated rings. The second-order valence-electron chi connectivity index (χ2n) is 4.57. The average Bonchev–Trinajstić information content (AvgIpc) is 2.42. The van der Waals surface area contributed by atoms with Crippen molar-refractivity contribution in [2.75, 3.05) is 18.1 Å². The summed E-state index contributed by atoms with van der Waals surface area (Å²) in [4.78, 5) is 24.6. The van der Waals surface area contributed by atoms with Crippen LogP contribution in [0.25, 0.3) is 0 Å². The van der Waals surface area contributed by atoms with Crippen LogP contribution < -0.4 is 10.2 Å². The molecule has 0 spiro atoms. The normalized spacial score (nSPS) is 11.8. The topological polar surface area (TPSA) is 110 Å².